The predicted octanol–water partition coefficient (Wildman–Crippen LogP) is 5.91. The van der Waals surface area contributed by atoms with E-state index in [1.807, 2.05) is 28.8 Å². The van der Waals surface area contributed by atoms with E-state index in [0.29, 0.717) is 48.4 Å². The van der Waals surface area contributed by atoms with E-state index in [4.69, 9.17) is 25.8 Å². The minimum absolute atomic E-state index is 0. The number of aromatic carboxylic acids is 1. The van der Waals surface area contributed by atoms with Crippen LogP contribution < -0.4 is 9.47 Å². The van der Waals surface area contributed by atoms with Gasteiger partial charge in [-0.15, -0.1) is 0 Å². The first-order chi connectivity index (χ1) is 19.8. The fourth-order valence-corrected chi connectivity index (χ4v) is 5.36. The van der Waals surface area contributed by atoms with Crippen LogP contribution in [0.2, 0.25) is 5.02 Å². The SMILES string of the molecule is O=C(O)c1cc(F)c2nc(CN3CC[C@H](Oc4cccc(COc5ccc(Cl)cc5F)c4)C3)n(C[C@@H]3CCO3)c2c1.S.S. The van der Waals surface area contributed by atoms with Crippen LogP contribution in [-0.4, -0.2) is 57.4 Å². The van der Waals surface area contributed by atoms with Crippen molar-refractivity contribution in [3.8, 4) is 11.5 Å². The largest absolute Gasteiger partial charge is 0.489 e. The van der Waals surface area contributed by atoms with Gasteiger partial charge in [-0.3, -0.25) is 4.90 Å². The summed E-state index contributed by atoms with van der Waals surface area (Å²) in [6, 6.07) is 14.3. The maximum absolute atomic E-state index is 14.8. The van der Waals surface area contributed by atoms with E-state index >= 15 is 0 Å². The van der Waals surface area contributed by atoms with Gasteiger partial charge < -0.3 is 23.9 Å². The maximum atomic E-state index is 14.8. The summed E-state index contributed by atoms with van der Waals surface area (Å²) in [6.07, 6.45) is 1.60. The Morgan fingerprint density at radius 2 is 1.91 bits per heavy atom. The molecule has 13 heteroatoms. The van der Waals surface area contributed by atoms with E-state index in [1.165, 1.54) is 18.2 Å². The molecular formula is C30H32ClF2N3O5S2. The lowest BCUT2D eigenvalue weighted by Gasteiger charge is -2.28. The molecule has 2 fully saturated rings. The number of carboxylic acids is 1. The Balaban J connectivity index is 0.00000212. The van der Waals surface area contributed by atoms with Crippen molar-refractivity contribution in [2.24, 2.45) is 0 Å². The predicted molar refractivity (Wildman–Crippen MR) is 168 cm³/mol. The molecule has 6 rings (SSSR count). The quantitative estimate of drug-likeness (QED) is 0.228. The highest BCUT2D eigenvalue weighted by molar-refractivity contribution is 7.59. The Labute approximate surface area is 266 Å². The van der Waals surface area contributed by atoms with E-state index in [0.717, 1.165) is 31.0 Å². The minimum atomic E-state index is -1.19. The van der Waals surface area contributed by atoms with Crippen LogP contribution >= 0.6 is 38.6 Å². The van der Waals surface area contributed by atoms with Gasteiger partial charge in [0.1, 0.15) is 29.8 Å². The number of halogens is 3. The number of carboxylic acid groups (broad SMARTS) is 1. The van der Waals surface area contributed by atoms with Gasteiger partial charge in [0.2, 0.25) is 0 Å². The van der Waals surface area contributed by atoms with Gasteiger partial charge >= 0.3 is 5.97 Å². The molecule has 0 spiro atoms. The van der Waals surface area contributed by atoms with E-state index in [1.54, 1.807) is 6.07 Å². The number of ether oxygens (including phenoxy) is 3. The van der Waals surface area contributed by atoms with Crippen LogP contribution in [0.5, 0.6) is 11.5 Å². The zero-order chi connectivity index (χ0) is 28.5. The van der Waals surface area contributed by atoms with E-state index in [-0.39, 0.29) is 62.6 Å². The van der Waals surface area contributed by atoms with E-state index in [2.05, 4.69) is 9.88 Å². The monoisotopic (exact) mass is 651 g/mol. The van der Waals surface area contributed by atoms with Crippen LogP contribution in [0.4, 0.5) is 8.78 Å². The number of imidazole rings is 1. The standard InChI is InChI=1S/C30H28ClF2N3O5.2H2S/c31-20-4-5-27(24(32)13-20)40-17-18-2-1-3-21(10-18)41-23-6-8-35(14-23)16-28-34-29-25(33)11-19(30(37)38)12-26(29)36(28)15-22-7-9-39-22;;/h1-5,10-13,22-23H,6-9,14-17H2,(H,37,38);2*1H2/t22-,23-;;/m0../s1. The first kappa shape index (κ1) is 32.9. The van der Waals surface area contributed by atoms with Crippen molar-refractivity contribution < 1.29 is 32.9 Å². The van der Waals surface area contributed by atoms with Crippen LogP contribution in [0.15, 0.2) is 54.6 Å². The van der Waals surface area contributed by atoms with Crippen molar-refractivity contribution in [3.63, 3.8) is 0 Å². The summed E-state index contributed by atoms with van der Waals surface area (Å²) in [4.78, 5) is 18.3. The Morgan fingerprint density at radius 3 is 2.63 bits per heavy atom. The first-order valence-electron chi connectivity index (χ1n) is 13.4. The van der Waals surface area contributed by atoms with Crippen LogP contribution in [0, 0.1) is 11.6 Å². The lowest BCUT2D eigenvalue weighted by atomic mass is 10.1. The fraction of sp³-hybridized carbons (Fsp3) is 0.333. The van der Waals surface area contributed by atoms with Crippen molar-refractivity contribution >= 4 is 55.6 Å². The average molecular weight is 652 g/mol. The number of likely N-dealkylation sites (tertiary alicyclic amines) is 1. The third-order valence-corrected chi connectivity index (χ3v) is 7.63. The lowest BCUT2D eigenvalue weighted by Crippen LogP contribution is -2.33. The second-order valence-corrected chi connectivity index (χ2v) is 10.8. The summed E-state index contributed by atoms with van der Waals surface area (Å²) < 4.78 is 48.2. The third kappa shape index (κ3) is 7.55. The normalized spacial score (nSPS) is 18.0. The summed E-state index contributed by atoms with van der Waals surface area (Å²) in [5.41, 5.74) is 1.34. The summed E-state index contributed by atoms with van der Waals surface area (Å²) in [5, 5.41) is 9.74. The zero-order valence-electron chi connectivity index (χ0n) is 23.1. The molecule has 3 heterocycles. The molecule has 0 amide bonds. The zero-order valence-corrected chi connectivity index (χ0v) is 25.8. The number of carbonyl (C=O) groups is 1. The Kier molecular flexibility index (Phi) is 10.8. The van der Waals surface area contributed by atoms with Crippen LogP contribution in [0.1, 0.15) is 34.6 Å². The molecule has 0 saturated carbocycles. The summed E-state index contributed by atoms with van der Waals surface area (Å²) in [6.45, 7) is 3.20. The molecule has 43 heavy (non-hydrogen) atoms. The van der Waals surface area contributed by atoms with Crippen LogP contribution in [-0.2, 0) is 24.4 Å². The molecular weight excluding hydrogens is 620 g/mol. The van der Waals surface area contributed by atoms with Crippen molar-refractivity contribution in [3.05, 3.63) is 88.2 Å². The topological polar surface area (TPSA) is 86.0 Å². The molecule has 230 valence electrons. The van der Waals surface area contributed by atoms with Gasteiger partial charge in [-0.25, -0.2) is 18.6 Å². The van der Waals surface area contributed by atoms with Gasteiger partial charge in [-0.1, -0.05) is 23.7 Å². The molecule has 2 aliphatic rings. The smallest absolute Gasteiger partial charge is 0.335 e. The molecule has 2 saturated heterocycles. The van der Waals surface area contributed by atoms with Gasteiger partial charge in [0.25, 0.3) is 0 Å². The highest BCUT2D eigenvalue weighted by Crippen LogP contribution is 2.28. The maximum Gasteiger partial charge on any atom is 0.335 e. The first-order valence-corrected chi connectivity index (χ1v) is 13.8. The molecule has 1 aromatic heterocycles. The third-order valence-electron chi connectivity index (χ3n) is 7.40. The number of rotatable bonds is 10. The highest BCUT2D eigenvalue weighted by Gasteiger charge is 2.28. The van der Waals surface area contributed by atoms with Gasteiger partial charge in [-0.05, 0) is 60.9 Å². The van der Waals surface area contributed by atoms with Crippen LogP contribution in [0.25, 0.3) is 11.0 Å². The second kappa shape index (κ2) is 14.2. The molecule has 0 bridgehead atoms. The molecule has 4 aromatic rings. The Bertz CT molecular complexity index is 1600. The van der Waals surface area contributed by atoms with Crippen molar-refractivity contribution in [2.75, 3.05) is 19.7 Å². The number of hydrogen-bond acceptors (Lipinski definition) is 6. The van der Waals surface area contributed by atoms with E-state index < -0.39 is 17.6 Å². The van der Waals surface area contributed by atoms with Crippen molar-refractivity contribution in [1.29, 1.82) is 0 Å². The van der Waals surface area contributed by atoms with Gasteiger partial charge in [-0.2, -0.15) is 27.0 Å². The molecule has 8 nitrogen and oxygen atoms in total. The molecule has 2 aliphatic heterocycles. The highest BCUT2D eigenvalue weighted by atomic mass is 35.5. The Morgan fingerprint density at radius 1 is 1.09 bits per heavy atom. The number of benzene rings is 3. The molecule has 1 N–H and O–H groups in total. The van der Waals surface area contributed by atoms with Crippen molar-refractivity contribution in [2.45, 2.75) is 44.7 Å². The van der Waals surface area contributed by atoms with Gasteiger partial charge in [0.15, 0.2) is 17.4 Å². The minimum Gasteiger partial charge on any atom is -0.489 e. The average Bonchev–Trinajstić information content (AvgIpc) is 3.50. The number of hydrogen-bond donors (Lipinski definition) is 1. The molecule has 2 atom stereocenters. The van der Waals surface area contributed by atoms with Crippen molar-refractivity contribution in [1.82, 2.24) is 14.5 Å². The number of fused-ring (bicyclic) bond motifs is 1. The van der Waals surface area contributed by atoms with Gasteiger partial charge in [0, 0.05) is 24.7 Å². The summed E-state index contributed by atoms with van der Waals surface area (Å²) >= 11 is 5.81. The van der Waals surface area contributed by atoms with Crippen LogP contribution in [0.3, 0.4) is 0 Å². The molecule has 0 aliphatic carbocycles. The summed E-state index contributed by atoms with van der Waals surface area (Å²) in [7, 11) is 0. The van der Waals surface area contributed by atoms with E-state index in [9.17, 15) is 18.7 Å². The second-order valence-electron chi connectivity index (χ2n) is 10.3. The number of aromatic nitrogens is 2. The molecule has 0 unspecified atom stereocenters. The summed E-state index contributed by atoms with van der Waals surface area (Å²) in [5.74, 6) is -0.888. The number of nitrogens with zero attached hydrogens (tertiary/aromatic N) is 3. The lowest BCUT2D eigenvalue weighted by molar-refractivity contribution is -0.0591. The fourth-order valence-electron chi connectivity index (χ4n) is 5.20. The Hall–Kier alpha value is -3.03. The van der Waals surface area contributed by atoms with Gasteiger partial charge in [0.05, 0.1) is 30.3 Å². The molecule has 0 radical (unpaired) electrons. The molecule has 3 aromatic carbocycles.